The topological polar surface area (TPSA) is 65.5 Å². The van der Waals surface area contributed by atoms with Crippen LogP contribution in [0.1, 0.15) is 40.5 Å². The molecule has 2 fully saturated rings. The smallest absolute Gasteiger partial charge is 0.0991 e. The molecule has 0 saturated carbocycles. The number of aliphatic hydroxyl groups is 2. The van der Waals surface area contributed by atoms with Crippen LogP contribution in [0.15, 0.2) is 24.3 Å². The predicted molar refractivity (Wildman–Crippen MR) is 88.7 cm³/mol. The zero-order chi connectivity index (χ0) is 16.5. The maximum atomic E-state index is 9.14. The van der Waals surface area contributed by atoms with Crippen LogP contribution in [0.4, 0.5) is 0 Å². The molecule has 0 bridgehead atoms. The van der Waals surface area contributed by atoms with Crippen LogP contribution < -0.4 is 0 Å². The molecule has 2 rings (SSSR count). The summed E-state index contributed by atoms with van der Waals surface area (Å²) in [5.74, 6) is 0.704. The van der Waals surface area contributed by atoms with Crippen LogP contribution in [0, 0.1) is 11.8 Å². The Hall–Kier alpha value is -0.680. The fraction of sp³-hybridized carbons (Fsp3) is 0.778. The van der Waals surface area contributed by atoms with Gasteiger partial charge in [-0.15, -0.1) is 0 Å². The molecule has 2 N–H and O–H groups in total. The second-order valence-electron chi connectivity index (χ2n) is 6.51. The normalized spacial score (nSPS) is 28.8. The summed E-state index contributed by atoms with van der Waals surface area (Å²) < 4.78 is 10.0. The Balaban J connectivity index is 0.000000220. The van der Waals surface area contributed by atoms with Crippen molar-refractivity contribution in [2.75, 3.05) is 13.2 Å². The molecule has 6 atom stereocenters. The van der Waals surface area contributed by atoms with Gasteiger partial charge in [0.05, 0.1) is 37.6 Å². The maximum absolute atomic E-state index is 9.14. The fourth-order valence-corrected chi connectivity index (χ4v) is 1.62. The van der Waals surface area contributed by atoms with Crippen molar-refractivity contribution in [3.63, 3.8) is 0 Å². The summed E-state index contributed by atoms with van der Waals surface area (Å²) in [6, 6.07) is 0. The van der Waals surface area contributed by atoms with Crippen molar-refractivity contribution >= 4 is 0 Å². The fourth-order valence-electron chi connectivity index (χ4n) is 1.62. The highest BCUT2D eigenvalue weighted by atomic mass is 16.6. The van der Waals surface area contributed by atoms with Crippen LogP contribution in [0.3, 0.4) is 0 Å². The molecule has 2 saturated heterocycles. The summed E-state index contributed by atoms with van der Waals surface area (Å²) >= 11 is 0. The van der Waals surface area contributed by atoms with E-state index in [0.29, 0.717) is 24.0 Å². The van der Waals surface area contributed by atoms with Gasteiger partial charge in [-0.2, -0.15) is 0 Å². The SMILES string of the molecule is CC(O)C(C)C/C=C/C1CO1.CC(O)C(C)C/C=C\C1CO1. The van der Waals surface area contributed by atoms with E-state index in [1.54, 1.807) is 0 Å². The molecule has 0 aromatic carbocycles. The number of allylic oxidation sites excluding steroid dienone is 2. The zero-order valence-corrected chi connectivity index (χ0v) is 14.3. The lowest BCUT2D eigenvalue weighted by molar-refractivity contribution is 0.136. The van der Waals surface area contributed by atoms with Crippen molar-refractivity contribution in [3.8, 4) is 0 Å². The molecule has 6 unspecified atom stereocenters. The molecular weight excluding hydrogens is 280 g/mol. The van der Waals surface area contributed by atoms with E-state index in [1.165, 1.54) is 0 Å². The number of hydrogen-bond acceptors (Lipinski definition) is 4. The van der Waals surface area contributed by atoms with E-state index in [4.69, 9.17) is 19.7 Å². The van der Waals surface area contributed by atoms with Crippen LogP contribution in [-0.4, -0.2) is 47.8 Å². The molecule has 128 valence electrons. The Morgan fingerprint density at radius 1 is 0.818 bits per heavy atom. The lowest BCUT2D eigenvalue weighted by atomic mass is 10.0. The maximum Gasteiger partial charge on any atom is 0.0991 e. The molecule has 0 amide bonds. The van der Waals surface area contributed by atoms with Crippen LogP contribution in [0.5, 0.6) is 0 Å². The van der Waals surface area contributed by atoms with Gasteiger partial charge in [0.1, 0.15) is 0 Å². The summed E-state index contributed by atoms with van der Waals surface area (Å²) in [7, 11) is 0. The number of rotatable bonds is 8. The molecule has 0 aromatic rings. The van der Waals surface area contributed by atoms with Crippen LogP contribution >= 0.6 is 0 Å². The minimum absolute atomic E-state index is 0.209. The van der Waals surface area contributed by atoms with Crippen molar-refractivity contribution in [2.45, 2.75) is 65.0 Å². The molecule has 0 aliphatic carbocycles. The van der Waals surface area contributed by atoms with Gasteiger partial charge in [-0.3, -0.25) is 0 Å². The third-order valence-electron chi connectivity index (χ3n) is 4.08. The Morgan fingerprint density at radius 2 is 1.14 bits per heavy atom. The second kappa shape index (κ2) is 10.2. The summed E-state index contributed by atoms with van der Waals surface area (Å²) in [6.07, 6.45) is 10.5. The highest BCUT2D eigenvalue weighted by Crippen LogP contribution is 2.14. The Bertz CT molecular complexity index is 307. The lowest BCUT2D eigenvalue weighted by Gasteiger charge is -2.10. The second-order valence-corrected chi connectivity index (χ2v) is 6.51. The first-order chi connectivity index (χ1) is 10.4. The van der Waals surface area contributed by atoms with Crippen molar-refractivity contribution < 1.29 is 19.7 Å². The highest BCUT2D eigenvalue weighted by Gasteiger charge is 2.18. The first-order valence-electron chi connectivity index (χ1n) is 8.32. The van der Waals surface area contributed by atoms with Crippen molar-refractivity contribution in [2.24, 2.45) is 11.8 Å². The van der Waals surface area contributed by atoms with Crippen molar-refractivity contribution in [1.29, 1.82) is 0 Å². The summed E-state index contributed by atoms with van der Waals surface area (Å²) in [4.78, 5) is 0. The molecule has 4 nitrogen and oxygen atoms in total. The van der Waals surface area contributed by atoms with E-state index in [9.17, 15) is 0 Å². The van der Waals surface area contributed by atoms with E-state index >= 15 is 0 Å². The Morgan fingerprint density at radius 3 is 1.36 bits per heavy atom. The van der Waals surface area contributed by atoms with Gasteiger partial charge in [0.25, 0.3) is 0 Å². The minimum Gasteiger partial charge on any atom is -0.393 e. The van der Waals surface area contributed by atoms with E-state index in [0.717, 1.165) is 26.1 Å². The van der Waals surface area contributed by atoms with E-state index in [2.05, 4.69) is 24.3 Å². The molecule has 22 heavy (non-hydrogen) atoms. The minimum atomic E-state index is -0.209. The largest absolute Gasteiger partial charge is 0.393 e. The molecule has 4 heteroatoms. The third-order valence-corrected chi connectivity index (χ3v) is 4.08. The molecule has 0 aromatic heterocycles. The number of aliphatic hydroxyl groups excluding tert-OH is 2. The molecule has 0 radical (unpaired) electrons. The molecule has 2 aliphatic rings. The summed E-state index contributed by atoms with van der Waals surface area (Å²) in [6.45, 7) is 9.49. The van der Waals surface area contributed by atoms with E-state index in [1.807, 2.05) is 27.7 Å². The van der Waals surface area contributed by atoms with E-state index in [-0.39, 0.29) is 12.2 Å². The summed E-state index contributed by atoms with van der Waals surface area (Å²) in [5.41, 5.74) is 0. The molecule has 0 spiro atoms. The quantitative estimate of drug-likeness (QED) is 0.534. The average Bonchev–Trinajstić information content (AvgIpc) is 3.33. The van der Waals surface area contributed by atoms with Gasteiger partial charge in [-0.25, -0.2) is 0 Å². The molecule has 2 aliphatic heterocycles. The number of hydrogen-bond donors (Lipinski definition) is 2. The van der Waals surface area contributed by atoms with Crippen molar-refractivity contribution in [3.05, 3.63) is 24.3 Å². The molecule has 2 heterocycles. The van der Waals surface area contributed by atoms with Gasteiger partial charge in [0.2, 0.25) is 0 Å². The average molecular weight is 312 g/mol. The van der Waals surface area contributed by atoms with Crippen LogP contribution in [0.25, 0.3) is 0 Å². The van der Waals surface area contributed by atoms with Gasteiger partial charge >= 0.3 is 0 Å². The van der Waals surface area contributed by atoms with Crippen LogP contribution in [0.2, 0.25) is 0 Å². The van der Waals surface area contributed by atoms with Gasteiger partial charge in [-0.1, -0.05) is 38.2 Å². The van der Waals surface area contributed by atoms with Gasteiger partial charge < -0.3 is 19.7 Å². The number of epoxide rings is 2. The van der Waals surface area contributed by atoms with Crippen LogP contribution in [-0.2, 0) is 9.47 Å². The van der Waals surface area contributed by atoms with Gasteiger partial charge in [-0.05, 0) is 38.5 Å². The lowest BCUT2D eigenvalue weighted by Crippen LogP contribution is -2.11. The number of ether oxygens (including phenoxy) is 2. The monoisotopic (exact) mass is 312 g/mol. The first-order valence-corrected chi connectivity index (χ1v) is 8.32. The predicted octanol–water partition coefficient (Wildman–Crippen LogP) is 2.70. The Labute approximate surface area is 134 Å². The third kappa shape index (κ3) is 10.1. The Kier molecular flexibility index (Phi) is 8.95. The molecular formula is C18H32O4. The summed E-state index contributed by atoms with van der Waals surface area (Å²) in [5, 5.41) is 18.3. The van der Waals surface area contributed by atoms with Crippen molar-refractivity contribution in [1.82, 2.24) is 0 Å². The van der Waals surface area contributed by atoms with Gasteiger partial charge in [0, 0.05) is 0 Å². The van der Waals surface area contributed by atoms with E-state index < -0.39 is 0 Å². The van der Waals surface area contributed by atoms with Gasteiger partial charge in [0.15, 0.2) is 0 Å². The zero-order valence-electron chi connectivity index (χ0n) is 14.3. The first kappa shape index (κ1) is 19.4. The highest BCUT2D eigenvalue weighted by molar-refractivity contribution is 4.97. The standard InChI is InChI=1S/2C9H16O2/c2*1-7(8(2)10)4-3-5-9-6-11-9/h2*3,5,7-10H,4,6H2,1-2H3/b5-3+;5-3-.